The van der Waals surface area contributed by atoms with Gasteiger partial charge in [0.15, 0.2) is 0 Å². The van der Waals surface area contributed by atoms with Gasteiger partial charge in [0.25, 0.3) is 0 Å². The topological polar surface area (TPSA) is 38.3 Å². The van der Waals surface area contributed by atoms with E-state index in [1.807, 2.05) is 42.5 Å². The summed E-state index contributed by atoms with van der Waals surface area (Å²) >= 11 is 12.2. The molecule has 0 aromatic heterocycles. The Labute approximate surface area is 144 Å². The maximum absolute atomic E-state index is 11.5. The second-order valence-electron chi connectivity index (χ2n) is 5.28. The Bertz CT molecular complexity index is 786. The van der Waals surface area contributed by atoms with Crippen LogP contribution in [0.3, 0.4) is 0 Å². The third-order valence-electron chi connectivity index (χ3n) is 3.95. The lowest BCUT2D eigenvalue weighted by Gasteiger charge is -2.26. The van der Waals surface area contributed by atoms with Gasteiger partial charge >= 0.3 is 6.09 Å². The number of hydrogen-bond acceptors (Lipinski definition) is 2. The van der Waals surface area contributed by atoms with E-state index in [0.717, 1.165) is 28.8 Å². The SMILES string of the molecule is COC(=O)NC1=CCC(c2ccc(Cl)c(Cl)c2)c2ccccc21. The molecular formula is C18H15Cl2NO2. The fourth-order valence-electron chi connectivity index (χ4n) is 2.84. The summed E-state index contributed by atoms with van der Waals surface area (Å²) in [6.45, 7) is 0. The van der Waals surface area contributed by atoms with Crippen molar-refractivity contribution in [2.24, 2.45) is 0 Å². The Hall–Kier alpha value is -1.97. The molecule has 118 valence electrons. The van der Waals surface area contributed by atoms with Crippen LogP contribution in [0.15, 0.2) is 48.5 Å². The number of benzene rings is 2. The highest BCUT2D eigenvalue weighted by molar-refractivity contribution is 6.42. The molecule has 1 atom stereocenters. The fourth-order valence-corrected chi connectivity index (χ4v) is 3.15. The van der Waals surface area contributed by atoms with Crippen LogP contribution in [-0.2, 0) is 4.74 Å². The highest BCUT2D eigenvalue weighted by Gasteiger charge is 2.24. The van der Waals surface area contributed by atoms with Crippen molar-refractivity contribution in [2.45, 2.75) is 12.3 Å². The lowest BCUT2D eigenvalue weighted by Crippen LogP contribution is -2.24. The number of allylic oxidation sites excluding steroid dienone is 1. The number of hydrogen-bond donors (Lipinski definition) is 1. The van der Waals surface area contributed by atoms with E-state index in [4.69, 9.17) is 23.2 Å². The molecule has 0 saturated heterocycles. The van der Waals surface area contributed by atoms with E-state index in [9.17, 15) is 4.79 Å². The standard InChI is InChI=1S/C18H15Cl2NO2/c1-23-18(22)21-17-9-7-12(13-4-2-3-5-14(13)17)11-6-8-15(19)16(20)10-11/h2-6,8-10,12H,7H2,1H3,(H,21,22). The summed E-state index contributed by atoms with van der Waals surface area (Å²) in [6, 6.07) is 13.7. The molecule has 0 bridgehead atoms. The molecule has 0 spiro atoms. The van der Waals surface area contributed by atoms with Crippen molar-refractivity contribution in [3.8, 4) is 0 Å². The molecule has 3 rings (SSSR count). The molecule has 0 saturated carbocycles. The highest BCUT2D eigenvalue weighted by Crippen LogP contribution is 2.39. The zero-order valence-corrected chi connectivity index (χ0v) is 14.0. The Balaban J connectivity index is 2.00. The minimum atomic E-state index is -0.473. The fraction of sp³-hybridized carbons (Fsp3) is 0.167. The van der Waals surface area contributed by atoms with Crippen LogP contribution in [0.1, 0.15) is 29.0 Å². The molecule has 1 amide bonds. The zero-order valence-electron chi connectivity index (χ0n) is 12.5. The Kier molecular flexibility index (Phi) is 4.60. The Morgan fingerprint density at radius 3 is 2.70 bits per heavy atom. The number of methoxy groups -OCH3 is 1. The van der Waals surface area contributed by atoms with Crippen molar-refractivity contribution in [2.75, 3.05) is 7.11 Å². The number of carbonyl (C=O) groups is 1. The average molecular weight is 348 g/mol. The summed E-state index contributed by atoms with van der Waals surface area (Å²) in [4.78, 5) is 11.5. The van der Waals surface area contributed by atoms with Gasteiger partial charge in [-0.05, 0) is 29.7 Å². The number of halogens is 2. The highest BCUT2D eigenvalue weighted by atomic mass is 35.5. The summed E-state index contributed by atoms with van der Waals surface area (Å²) in [6.07, 6.45) is 2.29. The number of alkyl carbamates (subject to hydrolysis) is 1. The molecule has 23 heavy (non-hydrogen) atoms. The molecule has 1 unspecified atom stereocenters. The van der Waals surface area contributed by atoms with Crippen molar-refractivity contribution in [3.05, 3.63) is 75.3 Å². The first-order valence-electron chi connectivity index (χ1n) is 7.19. The lowest BCUT2D eigenvalue weighted by atomic mass is 9.81. The number of nitrogens with one attached hydrogen (secondary N) is 1. The third kappa shape index (κ3) is 3.21. The zero-order chi connectivity index (χ0) is 16.4. The van der Waals surface area contributed by atoms with Gasteiger partial charge in [-0.3, -0.25) is 5.32 Å². The first-order chi connectivity index (χ1) is 11.1. The van der Waals surface area contributed by atoms with Gasteiger partial charge in [0.2, 0.25) is 0 Å². The van der Waals surface area contributed by atoms with Crippen LogP contribution in [0.4, 0.5) is 4.79 Å². The first-order valence-corrected chi connectivity index (χ1v) is 7.95. The monoisotopic (exact) mass is 347 g/mol. The molecule has 1 aliphatic rings. The predicted octanol–water partition coefficient (Wildman–Crippen LogP) is 5.23. The van der Waals surface area contributed by atoms with Crippen molar-refractivity contribution >= 4 is 35.0 Å². The largest absolute Gasteiger partial charge is 0.453 e. The third-order valence-corrected chi connectivity index (χ3v) is 4.69. The maximum Gasteiger partial charge on any atom is 0.411 e. The van der Waals surface area contributed by atoms with Crippen LogP contribution >= 0.6 is 23.2 Å². The van der Waals surface area contributed by atoms with Gasteiger partial charge in [0, 0.05) is 17.2 Å². The average Bonchev–Trinajstić information content (AvgIpc) is 2.57. The van der Waals surface area contributed by atoms with E-state index in [2.05, 4.69) is 16.1 Å². The summed E-state index contributed by atoms with van der Waals surface area (Å²) in [5.41, 5.74) is 3.99. The molecule has 3 nitrogen and oxygen atoms in total. The molecule has 5 heteroatoms. The number of carbonyl (C=O) groups excluding carboxylic acids is 1. The lowest BCUT2D eigenvalue weighted by molar-refractivity contribution is 0.176. The molecule has 0 aliphatic heterocycles. The van der Waals surface area contributed by atoms with E-state index >= 15 is 0 Å². The smallest absolute Gasteiger partial charge is 0.411 e. The second-order valence-corrected chi connectivity index (χ2v) is 6.10. The Morgan fingerprint density at radius 1 is 1.17 bits per heavy atom. The van der Waals surface area contributed by atoms with Crippen LogP contribution in [0.25, 0.3) is 5.70 Å². The van der Waals surface area contributed by atoms with Crippen LogP contribution < -0.4 is 5.32 Å². The van der Waals surface area contributed by atoms with Crippen LogP contribution in [0.2, 0.25) is 10.0 Å². The minimum Gasteiger partial charge on any atom is -0.453 e. The number of fused-ring (bicyclic) bond motifs is 1. The second kappa shape index (κ2) is 6.65. The van der Waals surface area contributed by atoms with E-state index in [1.54, 1.807) is 0 Å². The van der Waals surface area contributed by atoms with Gasteiger partial charge < -0.3 is 4.74 Å². The normalized spacial score (nSPS) is 16.3. The molecule has 0 fully saturated rings. The quantitative estimate of drug-likeness (QED) is 0.807. The van der Waals surface area contributed by atoms with Gasteiger partial charge in [0.1, 0.15) is 0 Å². The number of ether oxygens (including phenoxy) is 1. The van der Waals surface area contributed by atoms with E-state index in [1.165, 1.54) is 7.11 Å². The summed E-state index contributed by atoms with van der Waals surface area (Å²) in [5, 5.41) is 3.86. The van der Waals surface area contributed by atoms with Crippen LogP contribution in [0.5, 0.6) is 0 Å². The van der Waals surface area contributed by atoms with Crippen molar-refractivity contribution in [1.29, 1.82) is 0 Å². The van der Waals surface area contributed by atoms with Gasteiger partial charge in [-0.25, -0.2) is 4.79 Å². The van der Waals surface area contributed by atoms with Crippen LogP contribution in [-0.4, -0.2) is 13.2 Å². The van der Waals surface area contributed by atoms with Gasteiger partial charge in [-0.2, -0.15) is 0 Å². The maximum atomic E-state index is 11.5. The van der Waals surface area contributed by atoms with E-state index < -0.39 is 6.09 Å². The van der Waals surface area contributed by atoms with Crippen molar-refractivity contribution in [1.82, 2.24) is 5.32 Å². The van der Waals surface area contributed by atoms with Crippen LogP contribution in [0, 0.1) is 0 Å². The molecule has 1 N–H and O–H groups in total. The molecule has 0 radical (unpaired) electrons. The number of amides is 1. The molecule has 2 aromatic rings. The molecular weight excluding hydrogens is 333 g/mol. The first kappa shape index (κ1) is 15.9. The molecule has 2 aromatic carbocycles. The molecule has 0 heterocycles. The van der Waals surface area contributed by atoms with Crippen molar-refractivity contribution in [3.63, 3.8) is 0 Å². The van der Waals surface area contributed by atoms with E-state index in [0.29, 0.717) is 10.0 Å². The summed E-state index contributed by atoms with van der Waals surface area (Å²) < 4.78 is 4.69. The molecule has 1 aliphatic carbocycles. The van der Waals surface area contributed by atoms with E-state index in [-0.39, 0.29) is 5.92 Å². The van der Waals surface area contributed by atoms with Gasteiger partial charge in [-0.15, -0.1) is 0 Å². The number of rotatable bonds is 2. The Morgan fingerprint density at radius 2 is 1.96 bits per heavy atom. The van der Waals surface area contributed by atoms with Gasteiger partial charge in [0.05, 0.1) is 17.2 Å². The van der Waals surface area contributed by atoms with Gasteiger partial charge in [-0.1, -0.05) is 59.6 Å². The summed E-state index contributed by atoms with van der Waals surface area (Å²) in [7, 11) is 1.35. The minimum absolute atomic E-state index is 0.171. The van der Waals surface area contributed by atoms with Crippen molar-refractivity contribution < 1.29 is 9.53 Å². The predicted molar refractivity (Wildman–Crippen MR) is 92.9 cm³/mol. The summed E-state index contributed by atoms with van der Waals surface area (Å²) in [5.74, 6) is 0.171.